The largest absolute Gasteiger partial charge is 0.333 e. The van der Waals surface area contributed by atoms with Crippen LogP contribution in [0.5, 0.6) is 0 Å². The van der Waals surface area contributed by atoms with Gasteiger partial charge in [0.05, 0.1) is 16.8 Å². The second-order valence-electron chi connectivity index (χ2n) is 5.23. The fraction of sp³-hybridized carbons (Fsp3) is 0.176. The first kappa shape index (κ1) is 17.6. The molecule has 6 nitrogen and oxygen atoms in total. The number of rotatable bonds is 5. The van der Waals surface area contributed by atoms with E-state index in [1.165, 1.54) is 6.92 Å². The number of nitrogens with one attached hydrogen (secondary N) is 4. The number of benzene rings is 2. The number of urea groups is 1. The molecule has 0 fully saturated rings. The molecule has 0 radical (unpaired) electrons. The molecular weight excluding hydrogens is 328 g/mol. The fourth-order valence-corrected chi connectivity index (χ4v) is 2.27. The number of hydrogen-bond acceptors (Lipinski definition) is 3. The Hall–Kier alpha value is -2.73. The monoisotopic (exact) mass is 346 g/mol. The summed E-state index contributed by atoms with van der Waals surface area (Å²) in [6.45, 7) is 3.30. The topological polar surface area (TPSA) is 82.3 Å². The number of amides is 3. The van der Waals surface area contributed by atoms with Crippen molar-refractivity contribution in [3.63, 3.8) is 0 Å². The Balaban J connectivity index is 1.91. The highest BCUT2D eigenvalue weighted by Crippen LogP contribution is 2.19. The highest BCUT2D eigenvalue weighted by atomic mass is 35.5. The van der Waals surface area contributed by atoms with Crippen LogP contribution in [0.3, 0.4) is 0 Å². The lowest BCUT2D eigenvalue weighted by atomic mass is 10.1. The van der Waals surface area contributed by atoms with Gasteiger partial charge in [0.2, 0.25) is 5.91 Å². The van der Waals surface area contributed by atoms with Crippen LogP contribution in [0.25, 0.3) is 0 Å². The van der Waals surface area contributed by atoms with Gasteiger partial charge in [-0.25, -0.2) is 4.79 Å². The van der Waals surface area contributed by atoms with E-state index in [1.54, 1.807) is 24.3 Å². The molecule has 0 heterocycles. The first-order chi connectivity index (χ1) is 11.5. The average molecular weight is 347 g/mol. The third kappa shape index (κ3) is 5.17. The molecule has 0 saturated heterocycles. The van der Waals surface area contributed by atoms with Gasteiger partial charge in [-0.05, 0) is 36.8 Å². The molecule has 0 aliphatic carbocycles. The molecule has 24 heavy (non-hydrogen) atoms. The van der Waals surface area contributed by atoms with Crippen LogP contribution in [0.4, 0.5) is 16.2 Å². The van der Waals surface area contributed by atoms with Crippen LogP contribution >= 0.6 is 11.6 Å². The van der Waals surface area contributed by atoms with Crippen molar-refractivity contribution in [3.8, 4) is 0 Å². The van der Waals surface area contributed by atoms with E-state index in [-0.39, 0.29) is 11.9 Å². The zero-order valence-electron chi connectivity index (χ0n) is 13.4. The van der Waals surface area contributed by atoms with Crippen LogP contribution in [0.2, 0.25) is 5.02 Å². The first-order valence-corrected chi connectivity index (χ1v) is 7.78. The summed E-state index contributed by atoms with van der Waals surface area (Å²) in [6.07, 6.45) is 0. The molecule has 2 aromatic rings. The minimum Gasteiger partial charge on any atom is -0.330 e. The number of halogens is 1. The van der Waals surface area contributed by atoms with Crippen LogP contribution < -0.4 is 21.5 Å². The molecule has 0 bridgehead atoms. The lowest BCUT2D eigenvalue weighted by Crippen LogP contribution is -2.40. The second kappa shape index (κ2) is 8.21. The van der Waals surface area contributed by atoms with Gasteiger partial charge in [0.15, 0.2) is 0 Å². The van der Waals surface area contributed by atoms with Gasteiger partial charge < -0.3 is 10.6 Å². The average Bonchev–Trinajstić information content (AvgIpc) is 2.53. The zero-order valence-corrected chi connectivity index (χ0v) is 14.1. The molecule has 0 spiro atoms. The molecule has 3 amide bonds. The molecule has 0 aliphatic rings. The SMILES string of the molecule is CC(=O)Nc1cccc([C@@H](C)NC(=O)NNc2ccccc2Cl)c1. The molecule has 0 unspecified atom stereocenters. The second-order valence-corrected chi connectivity index (χ2v) is 5.64. The van der Waals surface area contributed by atoms with E-state index < -0.39 is 6.03 Å². The number of carbonyl (C=O) groups is 2. The number of hydrogen-bond donors (Lipinski definition) is 4. The molecular formula is C17H19ClN4O2. The number of anilines is 2. The predicted molar refractivity (Wildman–Crippen MR) is 95.9 cm³/mol. The molecule has 1 atom stereocenters. The normalized spacial score (nSPS) is 11.3. The maximum Gasteiger partial charge on any atom is 0.333 e. The van der Waals surface area contributed by atoms with E-state index in [4.69, 9.17) is 11.6 Å². The van der Waals surface area contributed by atoms with Crippen molar-refractivity contribution in [3.05, 3.63) is 59.1 Å². The molecule has 126 valence electrons. The van der Waals surface area contributed by atoms with Crippen molar-refractivity contribution in [1.82, 2.24) is 10.7 Å². The lowest BCUT2D eigenvalue weighted by Gasteiger charge is -2.17. The first-order valence-electron chi connectivity index (χ1n) is 7.40. The summed E-state index contributed by atoms with van der Waals surface area (Å²) in [4.78, 5) is 23.1. The number of para-hydroxylation sites is 1. The van der Waals surface area contributed by atoms with Gasteiger partial charge >= 0.3 is 6.03 Å². The summed E-state index contributed by atoms with van der Waals surface area (Å²) in [5, 5.41) is 6.02. The van der Waals surface area contributed by atoms with Crippen LogP contribution in [0, 0.1) is 0 Å². The Morgan fingerprint density at radius 2 is 1.83 bits per heavy atom. The van der Waals surface area contributed by atoms with Crippen LogP contribution in [-0.2, 0) is 4.79 Å². The van der Waals surface area contributed by atoms with Gasteiger partial charge in [0, 0.05) is 12.6 Å². The molecule has 4 N–H and O–H groups in total. The maximum absolute atomic E-state index is 12.0. The number of hydrazine groups is 1. The van der Waals surface area contributed by atoms with Crippen LogP contribution in [-0.4, -0.2) is 11.9 Å². The van der Waals surface area contributed by atoms with Crippen molar-refractivity contribution in [1.29, 1.82) is 0 Å². The standard InChI is InChI=1S/C17H19ClN4O2/c1-11(13-6-5-7-14(10-13)20-12(2)23)19-17(24)22-21-16-9-4-3-8-15(16)18/h3-11,21H,1-2H3,(H,20,23)(H2,19,22,24)/t11-/m1/s1. The van der Waals surface area contributed by atoms with E-state index in [9.17, 15) is 9.59 Å². The molecule has 0 aromatic heterocycles. The third-order valence-electron chi connectivity index (χ3n) is 3.24. The van der Waals surface area contributed by atoms with Crippen molar-refractivity contribution in [2.75, 3.05) is 10.7 Å². The van der Waals surface area contributed by atoms with Crippen molar-refractivity contribution in [2.24, 2.45) is 0 Å². The molecule has 2 rings (SSSR count). The Morgan fingerprint density at radius 3 is 2.54 bits per heavy atom. The molecule has 0 aliphatic heterocycles. The zero-order chi connectivity index (χ0) is 17.5. The maximum atomic E-state index is 12.0. The summed E-state index contributed by atoms with van der Waals surface area (Å²) in [5.74, 6) is -0.144. The highest BCUT2D eigenvalue weighted by Gasteiger charge is 2.10. The number of carbonyl (C=O) groups excluding carboxylic acids is 2. The van der Waals surface area contributed by atoms with Gasteiger partial charge in [0.25, 0.3) is 0 Å². The van der Waals surface area contributed by atoms with Gasteiger partial charge in [-0.15, -0.1) is 0 Å². The van der Waals surface area contributed by atoms with E-state index in [0.29, 0.717) is 16.4 Å². The Labute approximate surface area is 145 Å². The van der Waals surface area contributed by atoms with E-state index >= 15 is 0 Å². The van der Waals surface area contributed by atoms with Crippen LogP contribution in [0.1, 0.15) is 25.5 Å². The van der Waals surface area contributed by atoms with Crippen molar-refractivity contribution >= 4 is 34.9 Å². The summed E-state index contributed by atoms with van der Waals surface area (Å²) in [6, 6.07) is 13.7. The third-order valence-corrected chi connectivity index (χ3v) is 3.57. The quantitative estimate of drug-likeness (QED) is 0.623. The minimum absolute atomic E-state index is 0.144. The summed E-state index contributed by atoms with van der Waals surface area (Å²) >= 11 is 6.00. The summed E-state index contributed by atoms with van der Waals surface area (Å²) in [7, 11) is 0. The predicted octanol–water partition coefficient (Wildman–Crippen LogP) is 3.69. The summed E-state index contributed by atoms with van der Waals surface area (Å²) < 4.78 is 0. The van der Waals surface area contributed by atoms with Crippen molar-refractivity contribution in [2.45, 2.75) is 19.9 Å². The molecule has 0 saturated carbocycles. The molecule has 2 aromatic carbocycles. The van der Waals surface area contributed by atoms with Gasteiger partial charge in [-0.1, -0.05) is 35.9 Å². The van der Waals surface area contributed by atoms with E-state index in [0.717, 1.165) is 5.56 Å². The van der Waals surface area contributed by atoms with Gasteiger partial charge in [-0.3, -0.25) is 15.6 Å². The highest BCUT2D eigenvalue weighted by molar-refractivity contribution is 6.33. The van der Waals surface area contributed by atoms with Crippen LogP contribution in [0.15, 0.2) is 48.5 Å². The Kier molecular flexibility index (Phi) is 6.03. The minimum atomic E-state index is -0.396. The fourth-order valence-electron chi connectivity index (χ4n) is 2.09. The smallest absolute Gasteiger partial charge is 0.330 e. The lowest BCUT2D eigenvalue weighted by molar-refractivity contribution is -0.114. The Bertz CT molecular complexity index is 736. The molecule has 7 heteroatoms. The van der Waals surface area contributed by atoms with E-state index in [2.05, 4.69) is 21.5 Å². The summed E-state index contributed by atoms with van der Waals surface area (Å²) in [5.41, 5.74) is 7.45. The van der Waals surface area contributed by atoms with Gasteiger partial charge in [-0.2, -0.15) is 0 Å². The van der Waals surface area contributed by atoms with Crippen molar-refractivity contribution < 1.29 is 9.59 Å². The van der Waals surface area contributed by atoms with E-state index in [1.807, 2.05) is 31.2 Å². The Morgan fingerprint density at radius 1 is 1.08 bits per heavy atom. The van der Waals surface area contributed by atoms with Gasteiger partial charge in [0.1, 0.15) is 0 Å².